The van der Waals surface area contributed by atoms with Crippen LogP contribution in [0.15, 0.2) is 33.8 Å². The number of aromatic nitrogens is 1. The minimum Gasteiger partial charge on any atom is -0.466 e. The molecule has 2 bridgehead atoms. The number of methoxy groups -OCH3 is 1. The first-order chi connectivity index (χ1) is 16.8. The van der Waals surface area contributed by atoms with E-state index in [4.69, 9.17) is 19.0 Å². The van der Waals surface area contributed by atoms with Gasteiger partial charge in [-0.2, -0.15) is 0 Å². The molecule has 36 heavy (non-hydrogen) atoms. The average Bonchev–Trinajstić information content (AvgIpc) is 3.41. The Morgan fingerprint density at radius 1 is 1.06 bits per heavy atom. The van der Waals surface area contributed by atoms with Gasteiger partial charge in [-0.25, -0.2) is 9.78 Å². The van der Waals surface area contributed by atoms with Crippen LogP contribution in [0.5, 0.6) is 0 Å². The molecule has 1 aromatic carbocycles. The summed E-state index contributed by atoms with van der Waals surface area (Å²) in [6.45, 7) is 13.9. The zero-order chi connectivity index (χ0) is 26.1. The molecule has 3 aliphatic rings. The highest BCUT2D eigenvalue weighted by Gasteiger charge is 2.58. The normalized spacial score (nSPS) is 34.3. The first-order valence-corrected chi connectivity index (χ1v) is 12.7. The molecule has 2 aromatic rings. The van der Waals surface area contributed by atoms with Crippen LogP contribution in [0.25, 0.3) is 11.1 Å². The number of benzene rings is 1. The molecule has 1 amide bonds. The maximum atomic E-state index is 14.1. The number of nitrogens with zero attached hydrogens (tertiary/aromatic N) is 3. The number of esters is 1. The number of oxime groups is 1. The highest BCUT2D eigenvalue weighted by atomic mass is 16.7. The average molecular weight is 496 g/mol. The fourth-order valence-corrected chi connectivity index (χ4v) is 7.46. The van der Waals surface area contributed by atoms with Crippen molar-refractivity contribution in [2.75, 3.05) is 20.2 Å². The van der Waals surface area contributed by atoms with E-state index in [1.807, 2.05) is 49.9 Å². The largest absolute Gasteiger partial charge is 0.466 e. The second-order valence-corrected chi connectivity index (χ2v) is 13.1. The molecular formula is C28H37N3O5. The molecule has 5 atom stereocenters. The highest BCUT2D eigenvalue weighted by Crippen LogP contribution is 2.58. The Labute approximate surface area is 212 Å². The number of rotatable bonds is 3. The molecule has 1 aromatic heterocycles. The van der Waals surface area contributed by atoms with Crippen LogP contribution in [-0.2, 0) is 24.6 Å². The fourth-order valence-electron chi connectivity index (χ4n) is 7.46. The van der Waals surface area contributed by atoms with E-state index in [1.165, 1.54) is 7.11 Å². The highest BCUT2D eigenvalue weighted by molar-refractivity contribution is 6.10. The van der Waals surface area contributed by atoms with Crippen LogP contribution in [0.2, 0.25) is 0 Å². The molecule has 1 unspecified atom stereocenters. The van der Waals surface area contributed by atoms with E-state index in [0.717, 1.165) is 36.3 Å². The third kappa shape index (κ3) is 4.08. The van der Waals surface area contributed by atoms with Crippen LogP contribution in [0.3, 0.4) is 0 Å². The van der Waals surface area contributed by atoms with Crippen LogP contribution in [0.1, 0.15) is 66.7 Å². The first-order valence-electron chi connectivity index (χ1n) is 12.7. The maximum absolute atomic E-state index is 14.1. The van der Waals surface area contributed by atoms with Gasteiger partial charge in [-0.05, 0) is 42.2 Å². The minimum atomic E-state index is -1.05. The first kappa shape index (κ1) is 24.8. The number of carbonyl (C=O) groups excluding carboxylic acids is 2. The van der Waals surface area contributed by atoms with E-state index in [0.29, 0.717) is 18.8 Å². The molecule has 1 aliphatic carbocycles. The Kier molecular flexibility index (Phi) is 5.54. The quantitative estimate of drug-likeness (QED) is 0.572. The summed E-state index contributed by atoms with van der Waals surface area (Å²) in [6, 6.07) is 7.88. The van der Waals surface area contributed by atoms with Gasteiger partial charge in [-0.3, -0.25) is 4.79 Å². The number of hydrogen-bond acceptors (Lipinski definition) is 7. The van der Waals surface area contributed by atoms with Gasteiger partial charge in [0.25, 0.3) is 0 Å². The Bertz CT molecular complexity index is 1190. The Balaban J connectivity index is 1.44. The van der Waals surface area contributed by atoms with E-state index < -0.39 is 23.4 Å². The van der Waals surface area contributed by atoms with Crippen molar-refractivity contribution < 1.29 is 23.6 Å². The Morgan fingerprint density at radius 2 is 1.69 bits per heavy atom. The molecule has 0 N–H and O–H groups in total. The van der Waals surface area contributed by atoms with Gasteiger partial charge in [0.1, 0.15) is 11.4 Å². The second-order valence-electron chi connectivity index (χ2n) is 13.1. The van der Waals surface area contributed by atoms with Crippen molar-refractivity contribution in [1.29, 1.82) is 0 Å². The number of fused-ring (bicyclic) bond motifs is 3. The molecule has 1 saturated carbocycles. The number of hydrogen-bond donors (Lipinski definition) is 0. The van der Waals surface area contributed by atoms with Gasteiger partial charge in [0.15, 0.2) is 5.58 Å². The molecule has 1 saturated heterocycles. The Morgan fingerprint density at radius 3 is 2.28 bits per heavy atom. The summed E-state index contributed by atoms with van der Waals surface area (Å²) in [7, 11) is 1.31. The summed E-state index contributed by atoms with van der Waals surface area (Å²) in [6.07, 6.45) is 1.67. The monoisotopic (exact) mass is 495 g/mol. The van der Waals surface area contributed by atoms with Crippen molar-refractivity contribution in [3.63, 3.8) is 0 Å². The third-order valence-corrected chi connectivity index (χ3v) is 8.08. The molecule has 2 aliphatic heterocycles. The van der Waals surface area contributed by atoms with Crippen molar-refractivity contribution in [2.24, 2.45) is 27.3 Å². The van der Waals surface area contributed by atoms with E-state index >= 15 is 0 Å². The van der Waals surface area contributed by atoms with Gasteiger partial charge in [0.2, 0.25) is 17.9 Å². The number of oxazole rings is 1. The molecule has 8 nitrogen and oxygen atoms in total. The van der Waals surface area contributed by atoms with Gasteiger partial charge in [0, 0.05) is 23.9 Å². The lowest BCUT2D eigenvalue weighted by molar-refractivity contribution is -0.162. The number of para-hydroxylation sites is 2. The van der Waals surface area contributed by atoms with Gasteiger partial charge in [-0.15, -0.1) is 0 Å². The molecule has 0 radical (unpaired) electrons. The van der Waals surface area contributed by atoms with E-state index in [2.05, 4.69) is 25.9 Å². The number of carbonyl (C=O) groups is 2. The zero-order valence-corrected chi connectivity index (χ0v) is 22.4. The standard InChI is InChI=1S/C28H37N3O5/c1-25(2,3)21-19(20(36-30-21)23(33)34-7)22(32)31-15-26(4)12-27(5,16-31)14-28(6,13-26)24-29-17-10-8-9-11-18(17)35-24/h8-11,19-20H,12-16H2,1-7H3/t19-,20+,26-,27+,28?/m1/s1. The summed E-state index contributed by atoms with van der Waals surface area (Å²) in [4.78, 5) is 38.9. The topological polar surface area (TPSA) is 94.2 Å². The molecule has 0 spiro atoms. The second kappa shape index (κ2) is 8.05. The summed E-state index contributed by atoms with van der Waals surface area (Å²) in [5.74, 6) is -0.696. The van der Waals surface area contributed by atoms with Crippen LogP contribution in [-0.4, -0.2) is 53.8 Å². The van der Waals surface area contributed by atoms with Crippen LogP contribution in [0.4, 0.5) is 0 Å². The lowest BCUT2D eigenvalue weighted by atomic mass is 9.52. The van der Waals surface area contributed by atoms with Crippen LogP contribution < -0.4 is 0 Å². The van der Waals surface area contributed by atoms with E-state index in [-0.39, 0.29) is 22.2 Å². The van der Waals surface area contributed by atoms with Gasteiger partial charge in [0.05, 0.1) is 12.8 Å². The van der Waals surface area contributed by atoms with Crippen molar-refractivity contribution in [1.82, 2.24) is 9.88 Å². The molecule has 194 valence electrons. The number of amides is 1. The predicted octanol–water partition coefficient (Wildman–Crippen LogP) is 4.71. The van der Waals surface area contributed by atoms with E-state index in [1.54, 1.807) is 0 Å². The minimum absolute atomic E-state index is 0.112. The van der Waals surface area contributed by atoms with E-state index in [9.17, 15) is 9.59 Å². The van der Waals surface area contributed by atoms with Gasteiger partial charge < -0.3 is 18.9 Å². The summed E-state index contributed by atoms with van der Waals surface area (Å²) < 4.78 is 11.2. The van der Waals surface area contributed by atoms with Gasteiger partial charge in [-0.1, -0.05) is 58.8 Å². The van der Waals surface area contributed by atoms with Gasteiger partial charge >= 0.3 is 5.97 Å². The zero-order valence-electron chi connectivity index (χ0n) is 22.4. The third-order valence-electron chi connectivity index (χ3n) is 8.08. The molecule has 3 heterocycles. The van der Waals surface area contributed by atoms with Crippen molar-refractivity contribution in [3.8, 4) is 0 Å². The molecule has 2 fully saturated rings. The summed E-state index contributed by atoms with van der Waals surface area (Å²) in [5, 5.41) is 4.19. The molecule has 8 heteroatoms. The van der Waals surface area contributed by atoms with Crippen molar-refractivity contribution >= 4 is 28.7 Å². The molecular weight excluding hydrogens is 458 g/mol. The van der Waals surface area contributed by atoms with Crippen LogP contribution in [0, 0.1) is 22.2 Å². The predicted molar refractivity (Wildman–Crippen MR) is 135 cm³/mol. The fraction of sp³-hybridized carbons (Fsp3) is 0.643. The summed E-state index contributed by atoms with van der Waals surface area (Å²) in [5.41, 5.74) is 1.35. The molecule has 5 rings (SSSR count). The van der Waals surface area contributed by atoms with Crippen molar-refractivity contribution in [2.45, 2.75) is 72.3 Å². The lowest BCUT2D eigenvalue weighted by Crippen LogP contribution is -2.61. The maximum Gasteiger partial charge on any atom is 0.351 e. The number of likely N-dealkylation sites (tertiary alicyclic amines) is 1. The van der Waals surface area contributed by atoms with Crippen molar-refractivity contribution in [3.05, 3.63) is 30.2 Å². The SMILES string of the molecule is COC(=O)[C@H]1ON=C(C(C)(C)C)[C@@H]1C(=O)N1C[C@@]2(C)CC(C)(c3nc4ccccc4o3)C[C@@](C)(C1)C2. The lowest BCUT2D eigenvalue weighted by Gasteiger charge is -2.58. The smallest absolute Gasteiger partial charge is 0.351 e. The number of ether oxygens (including phenoxy) is 1. The summed E-state index contributed by atoms with van der Waals surface area (Å²) >= 11 is 0. The van der Waals surface area contributed by atoms with Crippen LogP contribution >= 0.6 is 0 Å². The number of piperidine rings is 1. The Hall–Kier alpha value is -2.90.